The number of aromatic hydroxyl groups is 3. The first-order chi connectivity index (χ1) is 28.6. The molecular weight excluding hydrogens is 778 g/mol. The molecule has 5 aromatic carbocycles. The molecule has 9 N–H and O–H groups in total. The lowest BCUT2D eigenvalue weighted by Crippen LogP contribution is -2.32. The van der Waals surface area contributed by atoms with Gasteiger partial charge in [0, 0.05) is 28.1 Å². The number of allylic oxidation sites excluding steroid dienone is 1. The lowest BCUT2D eigenvalue weighted by molar-refractivity contribution is -0.115. The van der Waals surface area contributed by atoms with Gasteiger partial charge in [-0.15, -0.1) is 0 Å². The Hall–Kier alpha value is -8.34. The SMILES string of the molecule is COc1c(NC(=O)c2ccc(NC(=O)c3ccc(NC(=O)CNC(=O)c4ccc(NC(=O)/C(C)=C(\C)c5ccc(O)cc5)cc4)cc3)c(OC)c2O)ccc(C(=O)O)c1O. The number of phenols is 3. The number of anilines is 4. The van der Waals surface area contributed by atoms with E-state index in [1.165, 1.54) is 80.9 Å². The highest BCUT2D eigenvalue weighted by Crippen LogP contribution is 2.40. The third kappa shape index (κ3) is 9.96. The van der Waals surface area contributed by atoms with Gasteiger partial charge in [-0.1, -0.05) is 12.1 Å². The van der Waals surface area contributed by atoms with Gasteiger partial charge in [0.25, 0.3) is 23.6 Å². The molecule has 0 bridgehead atoms. The summed E-state index contributed by atoms with van der Waals surface area (Å²) in [7, 11) is 2.37. The van der Waals surface area contributed by atoms with Gasteiger partial charge in [0.2, 0.25) is 5.91 Å². The Kier molecular flexibility index (Phi) is 13.4. The Morgan fingerprint density at radius 2 is 1.00 bits per heavy atom. The second-order valence-corrected chi connectivity index (χ2v) is 12.9. The van der Waals surface area contributed by atoms with Gasteiger partial charge in [-0.2, -0.15) is 0 Å². The summed E-state index contributed by atoms with van der Waals surface area (Å²) in [6, 6.07) is 23.1. The van der Waals surface area contributed by atoms with Gasteiger partial charge in [-0.25, -0.2) is 4.79 Å². The number of carbonyl (C=O) groups excluding carboxylic acids is 5. The number of carboxylic acids is 1. The van der Waals surface area contributed by atoms with Crippen molar-refractivity contribution in [2.45, 2.75) is 13.8 Å². The number of ether oxygens (including phenoxy) is 2. The molecule has 308 valence electrons. The number of nitrogens with one attached hydrogen (secondary N) is 5. The standard InChI is InChI=1S/C43H39N5O12/c1-22(24-9-15-29(49)16-10-24)23(2)39(53)46-28-13-5-25(6-14-28)40(54)44-21-34(50)45-27-11-7-26(8-12-27)41(55)47-32-19-17-30(35(51)37(32)59-3)42(56)48-33-20-18-31(43(57)58)36(52)38(33)60-4/h5-20,49,51-52H,21H2,1-4H3,(H,44,54)(H,45,50)(H,46,53)(H,47,55)(H,48,56)(H,57,58)/b23-22+. The minimum atomic E-state index is -1.42. The number of aromatic carboxylic acids is 1. The molecule has 5 aromatic rings. The molecule has 0 aromatic heterocycles. The molecule has 0 aliphatic heterocycles. The van der Waals surface area contributed by atoms with E-state index in [2.05, 4.69) is 26.6 Å². The van der Waals surface area contributed by atoms with E-state index >= 15 is 0 Å². The number of benzene rings is 5. The number of methoxy groups -OCH3 is 2. The largest absolute Gasteiger partial charge is 0.508 e. The Labute approximate surface area is 342 Å². The summed E-state index contributed by atoms with van der Waals surface area (Å²) in [5, 5.41) is 52.8. The summed E-state index contributed by atoms with van der Waals surface area (Å²) in [5.74, 6) is -6.13. The zero-order valence-electron chi connectivity index (χ0n) is 32.5. The van der Waals surface area contributed by atoms with E-state index in [1.807, 2.05) is 0 Å². The molecule has 0 saturated carbocycles. The molecule has 0 spiro atoms. The molecule has 17 heteroatoms. The molecule has 5 amide bonds. The van der Waals surface area contributed by atoms with Crippen LogP contribution in [0.4, 0.5) is 22.7 Å². The summed E-state index contributed by atoms with van der Waals surface area (Å²) in [6.07, 6.45) is 0. The predicted molar refractivity (Wildman–Crippen MR) is 221 cm³/mol. The Bertz CT molecular complexity index is 2520. The van der Waals surface area contributed by atoms with Crippen LogP contribution in [-0.2, 0) is 9.59 Å². The van der Waals surface area contributed by atoms with Crippen LogP contribution in [0.1, 0.15) is 60.8 Å². The molecular formula is C43H39N5O12. The monoisotopic (exact) mass is 817 g/mol. The quantitative estimate of drug-likeness (QED) is 0.0600. The Balaban J connectivity index is 1.13. The van der Waals surface area contributed by atoms with Crippen molar-refractivity contribution in [1.29, 1.82) is 0 Å². The fourth-order valence-corrected chi connectivity index (χ4v) is 5.69. The summed E-state index contributed by atoms with van der Waals surface area (Å²) in [4.78, 5) is 75.7. The first-order valence-electron chi connectivity index (χ1n) is 17.8. The number of carbonyl (C=O) groups is 6. The first kappa shape index (κ1) is 42.8. The second kappa shape index (κ2) is 18.7. The molecule has 0 radical (unpaired) electrons. The highest BCUT2D eigenvalue weighted by Gasteiger charge is 2.24. The fourth-order valence-electron chi connectivity index (χ4n) is 5.69. The molecule has 0 unspecified atom stereocenters. The van der Waals surface area contributed by atoms with Gasteiger partial charge in [0.1, 0.15) is 11.3 Å². The number of amides is 5. The van der Waals surface area contributed by atoms with E-state index < -0.39 is 46.7 Å². The highest BCUT2D eigenvalue weighted by molar-refractivity contribution is 6.11. The summed E-state index contributed by atoms with van der Waals surface area (Å²) in [6.45, 7) is 3.10. The van der Waals surface area contributed by atoms with E-state index in [0.717, 1.165) is 17.2 Å². The molecule has 0 aliphatic carbocycles. The number of hydrogen-bond donors (Lipinski definition) is 9. The minimum absolute atomic E-state index is 0.00871. The molecule has 5 rings (SSSR count). The number of phenolic OH excluding ortho intramolecular Hbond substituents is 2. The van der Waals surface area contributed by atoms with Gasteiger partial charge < -0.3 is 56.5 Å². The van der Waals surface area contributed by atoms with Crippen molar-refractivity contribution in [3.8, 4) is 28.7 Å². The van der Waals surface area contributed by atoms with Crippen LogP contribution >= 0.6 is 0 Å². The van der Waals surface area contributed by atoms with Crippen LogP contribution in [0.5, 0.6) is 28.7 Å². The van der Waals surface area contributed by atoms with Crippen LogP contribution in [0.2, 0.25) is 0 Å². The minimum Gasteiger partial charge on any atom is -0.508 e. The van der Waals surface area contributed by atoms with Crippen LogP contribution in [0.3, 0.4) is 0 Å². The molecule has 0 saturated heterocycles. The summed E-state index contributed by atoms with van der Waals surface area (Å²) < 4.78 is 10.3. The second-order valence-electron chi connectivity index (χ2n) is 12.9. The molecule has 0 atom stereocenters. The van der Waals surface area contributed by atoms with Crippen molar-refractivity contribution in [3.63, 3.8) is 0 Å². The van der Waals surface area contributed by atoms with Crippen molar-refractivity contribution < 1.29 is 58.7 Å². The zero-order valence-corrected chi connectivity index (χ0v) is 32.5. The number of hydrogen-bond acceptors (Lipinski definition) is 11. The van der Waals surface area contributed by atoms with Crippen molar-refractivity contribution in [1.82, 2.24) is 5.32 Å². The van der Waals surface area contributed by atoms with E-state index in [9.17, 15) is 49.2 Å². The molecule has 17 nitrogen and oxygen atoms in total. The van der Waals surface area contributed by atoms with Crippen LogP contribution in [0, 0.1) is 0 Å². The molecule has 60 heavy (non-hydrogen) atoms. The number of carboxylic acid groups (broad SMARTS) is 1. The van der Waals surface area contributed by atoms with Crippen LogP contribution in [-0.4, -0.2) is 76.7 Å². The van der Waals surface area contributed by atoms with E-state index in [1.54, 1.807) is 38.1 Å². The van der Waals surface area contributed by atoms with E-state index in [4.69, 9.17) is 9.47 Å². The van der Waals surface area contributed by atoms with Crippen molar-refractivity contribution in [2.24, 2.45) is 0 Å². The molecule has 0 aliphatic rings. The average Bonchev–Trinajstić information content (AvgIpc) is 3.23. The van der Waals surface area contributed by atoms with Gasteiger partial charge >= 0.3 is 5.97 Å². The van der Waals surface area contributed by atoms with Crippen molar-refractivity contribution in [2.75, 3.05) is 42.0 Å². The topological polar surface area (TPSA) is 262 Å². The Morgan fingerprint density at radius 3 is 1.53 bits per heavy atom. The predicted octanol–water partition coefficient (Wildman–Crippen LogP) is 5.82. The van der Waals surface area contributed by atoms with E-state index in [0.29, 0.717) is 16.9 Å². The van der Waals surface area contributed by atoms with Gasteiger partial charge in [0.15, 0.2) is 23.0 Å². The fraction of sp³-hybridized carbons (Fsp3) is 0.116. The maximum atomic E-state index is 13.1. The zero-order chi connectivity index (χ0) is 43.7. The summed E-state index contributed by atoms with van der Waals surface area (Å²) in [5.41, 5.74) is 2.34. The summed E-state index contributed by atoms with van der Waals surface area (Å²) >= 11 is 0. The van der Waals surface area contributed by atoms with Crippen molar-refractivity contribution in [3.05, 3.63) is 130 Å². The average molecular weight is 818 g/mol. The van der Waals surface area contributed by atoms with Crippen LogP contribution in [0.15, 0.2) is 103 Å². The van der Waals surface area contributed by atoms with Gasteiger partial charge in [-0.05, 0) is 110 Å². The smallest absolute Gasteiger partial charge is 0.339 e. The maximum Gasteiger partial charge on any atom is 0.339 e. The third-order valence-electron chi connectivity index (χ3n) is 9.09. The van der Waals surface area contributed by atoms with Crippen LogP contribution < -0.4 is 36.1 Å². The molecule has 0 heterocycles. The normalized spacial score (nSPS) is 11.0. The van der Waals surface area contributed by atoms with Gasteiger partial charge in [0.05, 0.1) is 37.7 Å². The van der Waals surface area contributed by atoms with Gasteiger partial charge in [-0.3, -0.25) is 24.0 Å². The van der Waals surface area contributed by atoms with Crippen molar-refractivity contribution >= 4 is 63.8 Å². The third-order valence-corrected chi connectivity index (χ3v) is 9.09. The van der Waals surface area contributed by atoms with E-state index in [-0.39, 0.29) is 57.8 Å². The first-order valence-corrected chi connectivity index (χ1v) is 17.8. The highest BCUT2D eigenvalue weighted by atomic mass is 16.5. The maximum absolute atomic E-state index is 13.1. The Morgan fingerprint density at radius 1 is 0.533 bits per heavy atom. The lowest BCUT2D eigenvalue weighted by atomic mass is 10.0. The molecule has 0 fully saturated rings. The number of rotatable bonds is 14. The lowest BCUT2D eigenvalue weighted by Gasteiger charge is -2.16. The van der Waals surface area contributed by atoms with Crippen LogP contribution in [0.25, 0.3) is 5.57 Å².